The summed E-state index contributed by atoms with van der Waals surface area (Å²) in [5, 5.41) is 0. The summed E-state index contributed by atoms with van der Waals surface area (Å²) >= 11 is 0. The lowest BCUT2D eigenvalue weighted by Crippen LogP contribution is -2.56. The maximum atomic E-state index is 13.4. The van der Waals surface area contributed by atoms with Crippen LogP contribution in [0, 0.1) is 6.92 Å². The van der Waals surface area contributed by atoms with Gasteiger partial charge in [-0.05, 0) is 64.9 Å². The second-order valence-electron chi connectivity index (χ2n) is 8.95. The fourth-order valence-electron chi connectivity index (χ4n) is 4.95. The van der Waals surface area contributed by atoms with Crippen LogP contribution in [0.2, 0.25) is 0 Å². The van der Waals surface area contributed by atoms with Crippen LogP contribution in [0.15, 0.2) is 24.3 Å². The standard InChI is InChI=1S/C23H29F3N4O2/c1-15(2)32-18-6-5-17(27-16(18)3)21(31)29-11-9-22(10-12-29)19-7-8-20(23(24,25)26)30(19)14-13-28(22)4/h5-8,15H,9-14H2,1-4H3. The number of piperidine rings is 1. The summed E-state index contributed by atoms with van der Waals surface area (Å²) in [6, 6.07) is 6.22. The molecule has 1 amide bonds. The smallest absolute Gasteiger partial charge is 0.431 e. The molecule has 2 aromatic rings. The number of halogens is 3. The molecule has 0 N–H and O–H groups in total. The SMILES string of the molecule is Cc1nc(C(=O)N2CCC3(CC2)c2ccc(C(F)(F)F)n2CCN3C)ccc1OC(C)C. The van der Waals surface area contributed by atoms with E-state index in [1.54, 1.807) is 23.1 Å². The average molecular weight is 451 g/mol. The number of likely N-dealkylation sites (N-methyl/N-ethyl adjacent to an activating group) is 1. The van der Waals surface area contributed by atoms with Gasteiger partial charge < -0.3 is 14.2 Å². The molecule has 1 spiro atoms. The summed E-state index contributed by atoms with van der Waals surface area (Å²) in [4.78, 5) is 21.4. The van der Waals surface area contributed by atoms with E-state index < -0.39 is 17.4 Å². The van der Waals surface area contributed by atoms with Crippen LogP contribution in [0.3, 0.4) is 0 Å². The first kappa shape index (κ1) is 22.6. The zero-order valence-corrected chi connectivity index (χ0v) is 18.9. The zero-order valence-electron chi connectivity index (χ0n) is 18.9. The number of aryl methyl sites for hydroxylation is 1. The minimum atomic E-state index is -4.37. The first-order valence-electron chi connectivity index (χ1n) is 10.9. The number of rotatable bonds is 3. The Hall–Kier alpha value is -2.55. The predicted octanol–water partition coefficient (Wildman–Crippen LogP) is 4.07. The molecule has 174 valence electrons. The van der Waals surface area contributed by atoms with Gasteiger partial charge in [0.05, 0.1) is 17.3 Å². The van der Waals surface area contributed by atoms with Gasteiger partial charge in [-0.25, -0.2) is 4.98 Å². The Morgan fingerprint density at radius 3 is 2.38 bits per heavy atom. The molecule has 0 aliphatic carbocycles. The molecule has 0 bridgehead atoms. The molecule has 0 saturated carbocycles. The number of likely N-dealkylation sites (tertiary alicyclic amines) is 1. The van der Waals surface area contributed by atoms with Crippen LogP contribution in [0.5, 0.6) is 5.75 Å². The van der Waals surface area contributed by atoms with Gasteiger partial charge in [-0.15, -0.1) is 0 Å². The van der Waals surface area contributed by atoms with Crippen molar-refractivity contribution >= 4 is 5.91 Å². The molecule has 1 fully saturated rings. The summed E-state index contributed by atoms with van der Waals surface area (Å²) in [6.45, 7) is 7.43. The van der Waals surface area contributed by atoms with Crippen LogP contribution in [0.25, 0.3) is 0 Å². The lowest BCUT2D eigenvalue weighted by molar-refractivity contribution is -0.144. The average Bonchev–Trinajstić information content (AvgIpc) is 3.18. The number of nitrogens with zero attached hydrogens (tertiary/aromatic N) is 4. The number of pyridine rings is 1. The fraction of sp³-hybridized carbons (Fsp3) is 0.565. The van der Waals surface area contributed by atoms with E-state index in [1.807, 2.05) is 27.8 Å². The van der Waals surface area contributed by atoms with Gasteiger partial charge in [0.1, 0.15) is 17.1 Å². The first-order valence-corrected chi connectivity index (χ1v) is 10.9. The lowest BCUT2D eigenvalue weighted by atomic mass is 9.81. The van der Waals surface area contributed by atoms with Crippen LogP contribution in [0.1, 0.15) is 54.3 Å². The van der Waals surface area contributed by atoms with Crippen LogP contribution in [-0.2, 0) is 18.3 Å². The highest BCUT2D eigenvalue weighted by Gasteiger charge is 2.47. The Kier molecular flexibility index (Phi) is 5.73. The van der Waals surface area contributed by atoms with E-state index in [2.05, 4.69) is 9.88 Å². The largest absolute Gasteiger partial charge is 0.489 e. The molecule has 2 aliphatic rings. The number of carbonyl (C=O) groups is 1. The maximum absolute atomic E-state index is 13.4. The van der Waals surface area contributed by atoms with E-state index in [0.717, 1.165) is 0 Å². The van der Waals surface area contributed by atoms with Gasteiger partial charge in [0.15, 0.2) is 0 Å². The van der Waals surface area contributed by atoms with Crippen LogP contribution < -0.4 is 4.74 Å². The molecular weight excluding hydrogens is 421 g/mol. The minimum absolute atomic E-state index is 0.0135. The molecule has 0 unspecified atom stereocenters. The number of amides is 1. The van der Waals surface area contributed by atoms with Crippen LogP contribution >= 0.6 is 0 Å². The molecule has 4 rings (SSSR count). The van der Waals surface area contributed by atoms with E-state index in [4.69, 9.17) is 4.74 Å². The lowest BCUT2D eigenvalue weighted by Gasteiger charge is -2.50. The molecule has 4 heterocycles. The maximum Gasteiger partial charge on any atom is 0.431 e. The predicted molar refractivity (Wildman–Crippen MR) is 114 cm³/mol. The normalized spacial score (nSPS) is 18.8. The molecule has 6 nitrogen and oxygen atoms in total. The van der Waals surface area contributed by atoms with Crippen molar-refractivity contribution in [3.63, 3.8) is 0 Å². The number of alkyl halides is 3. The van der Waals surface area contributed by atoms with Crippen molar-refractivity contribution in [3.8, 4) is 5.75 Å². The van der Waals surface area contributed by atoms with E-state index in [0.29, 0.717) is 61.9 Å². The molecule has 0 atom stereocenters. The quantitative estimate of drug-likeness (QED) is 0.707. The van der Waals surface area contributed by atoms with Gasteiger partial charge >= 0.3 is 6.18 Å². The third-order valence-electron chi connectivity index (χ3n) is 6.63. The Morgan fingerprint density at radius 1 is 1.09 bits per heavy atom. The van der Waals surface area contributed by atoms with Gasteiger partial charge in [-0.1, -0.05) is 0 Å². The van der Waals surface area contributed by atoms with Gasteiger partial charge in [-0.2, -0.15) is 13.2 Å². The number of carbonyl (C=O) groups excluding carboxylic acids is 1. The van der Waals surface area contributed by atoms with E-state index >= 15 is 0 Å². The summed E-state index contributed by atoms with van der Waals surface area (Å²) in [6.07, 6.45) is -3.21. The highest BCUT2D eigenvalue weighted by atomic mass is 19.4. The van der Waals surface area contributed by atoms with Gasteiger partial charge in [0, 0.05) is 31.9 Å². The summed E-state index contributed by atoms with van der Waals surface area (Å²) < 4.78 is 47.4. The molecule has 1 saturated heterocycles. The highest BCUT2D eigenvalue weighted by molar-refractivity contribution is 5.92. The minimum Gasteiger partial charge on any atom is -0.489 e. The summed E-state index contributed by atoms with van der Waals surface area (Å²) in [7, 11) is 1.96. The third-order valence-corrected chi connectivity index (χ3v) is 6.63. The number of hydrogen-bond acceptors (Lipinski definition) is 4. The molecule has 0 aromatic carbocycles. The van der Waals surface area contributed by atoms with E-state index in [9.17, 15) is 18.0 Å². The molecule has 0 radical (unpaired) electrons. The van der Waals surface area contributed by atoms with Gasteiger partial charge in [0.25, 0.3) is 5.91 Å². The Morgan fingerprint density at radius 2 is 1.78 bits per heavy atom. The zero-order chi connectivity index (χ0) is 23.3. The van der Waals surface area contributed by atoms with Crippen LogP contribution in [-0.4, -0.2) is 58.0 Å². The number of hydrogen-bond donors (Lipinski definition) is 0. The first-order chi connectivity index (χ1) is 15.0. The fourth-order valence-corrected chi connectivity index (χ4v) is 4.95. The van der Waals surface area contributed by atoms with Crippen molar-refractivity contribution in [1.82, 2.24) is 19.4 Å². The Balaban J connectivity index is 1.53. The third kappa shape index (κ3) is 3.87. The molecule has 2 aromatic heterocycles. The summed E-state index contributed by atoms with van der Waals surface area (Å²) in [5.41, 5.74) is 0.602. The molecular formula is C23H29F3N4O2. The van der Waals surface area contributed by atoms with Crippen molar-refractivity contribution in [1.29, 1.82) is 0 Å². The van der Waals surface area contributed by atoms with Crippen molar-refractivity contribution in [2.45, 2.75) is 58.0 Å². The van der Waals surface area contributed by atoms with Crippen molar-refractivity contribution < 1.29 is 22.7 Å². The van der Waals surface area contributed by atoms with Crippen LogP contribution in [0.4, 0.5) is 13.2 Å². The second-order valence-corrected chi connectivity index (χ2v) is 8.95. The Labute approximate surface area is 186 Å². The number of aromatic nitrogens is 2. The topological polar surface area (TPSA) is 50.6 Å². The Bertz CT molecular complexity index is 1010. The van der Waals surface area contributed by atoms with E-state index in [1.165, 1.54) is 10.6 Å². The van der Waals surface area contributed by atoms with Gasteiger partial charge in [-0.3, -0.25) is 9.69 Å². The number of fused-ring (bicyclic) bond motifs is 2. The van der Waals surface area contributed by atoms with Crippen molar-refractivity contribution in [2.75, 3.05) is 26.7 Å². The highest BCUT2D eigenvalue weighted by Crippen LogP contribution is 2.44. The monoisotopic (exact) mass is 450 g/mol. The second kappa shape index (κ2) is 8.10. The number of ether oxygens (including phenoxy) is 1. The van der Waals surface area contributed by atoms with E-state index in [-0.39, 0.29) is 12.0 Å². The van der Waals surface area contributed by atoms with Gasteiger partial charge in [0.2, 0.25) is 0 Å². The molecule has 2 aliphatic heterocycles. The van der Waals surface area contributed by atoms with Crippen molar-refractivity contribution in [3.05, 3.63) is 47.0 Å². The molecule has 32 heavy (non-hydrogen) atoms. The van der Waals surface area contributed by atoms with Crippen molar-refractivity contribution in [2.24, 2.45) is 0 Å². The molecule has 9 heteroatoms. The summed E-state index contributed by atoms with van der Waals surface area (Å²) in [5.74, 6) is 0.489.